The van der Waals surface area contributed by atoms with Crippen LogP contribution < -0.4 is 0 Å². The molecule has 0 aliphatic rings. The monoisotopic (exact) mass is 300 g/mol. The summed E-state index contributed by atoms with van der Waals surface area (Å²) < 4.78 is 3.36. The minimum absolute atomic E-state index is 0.992. The maximum absolute atomic E-state index is 4.54. The highest BCUT2D eigenvalue weighted by Gasteiger charge is 2.09. The smallest absolute Gasteiger partial charge is 0.172 e. The third-order valence-corrected chi connectivity index (χ3v) is 3.32. The van der Waals surface area contributed by atoms with Crippen LogP contribution in [0.25, 0.3) is 11.0 Å². The predicted octanol–water partition coefficient (Wildman–Crippen LogP) is 3.22. The number of rotatable bonds is 2. The second kappa shape index (κ2) is 3.88. The number of aryl methyl sites for hydroxylation is 2. The Morgan fingerprint density at radius 2 is 2.14 bits per heavy atom. The van der Waals surface area contributed by atoms with E-state index in [9.17, 15) is 0 Å². The van der Waals surface area contributed by atoms with Crippen LogP contribution in [0.15, 0.2) is 18.2 Å². The number of aromatic nitrogens is 2. The molecule has 2 rings (SSSR count). The molecule has 0 aliphatic carbocycles. The zero-order chi connectivity index (χ0) is 10.1. The van der Waals surface area contributed by atoms with Crippen LogP contribution in [0.1, 0.15) is 19.4 Å². The molecule has 0 spiro atoms. The van der Waals surface area contributed by atoms with Crippen LogP contribution in [0.3, 0.4) is 0 Å². The van der Waals surface area contributed by atoms with Gasteiger partial charge >= 0.3 is 0 Å². The number of imidazole rings is 1. The van der Waals surface area contributed by atoms with E-state index in [0.717, 1.165) is 22.3 Å². The first-order chi connectivity index (χ1) is 6.77. The lowest BCUT2D eigenvalue weighted by Gasteiger charge is -2.04. The quantitative estimate of drug-likeness (QED) is 0.779. The van der Waals surface area contributed by atoms with E-state index in [1.807, 2.05) is 0 Å². The van der Waals surface area contributed by atoms with Crippen molar-refractivity contribution in [1.82, 2.24) is 9.55 Å². The van der Waals surface area contributed by atoms with Crippen molar-refractivity contribution in [2.45, 2.75) is 26.8 Å². The maximum atomic E-state index is 4.54. The van der Waals surface area contributed by atoms with Crippen molar-refractivity contribution < 1.29 is 0 Å². The molecule has 0 radical (unpaired) electrons. The number of benzene rings is 1. The van der Waals surface area contributed by atoms with Gasteiger partial charge < -0.3 is 4.57 Å². The van der Waals surface area contributed by atoms with Gasteiger partial charge in [0, 0.05) is 6.54 Å². The molecule has 0 unspecified atom stereocenters. The molecule has 0 amide bonds. The van der Waals surface area contributed by atoms with Crippen molar-refractivity contribution in [2.75, 3.05) is 0 Å². The molecule has 1 heterocycles. The number of fused-ring (bicyclic) bond motifs is 1. The fourth-order valence-electron chi connectivity index (χ4n) is 1.81. The first kappa shape index (κ1) is 9.96. The Hall–Kier alpha value is -0.580. The van der Waals surface area contributed by atoms with E-state index in [2.05, 4.69) is 64.2 Å². The minimum atomic E-state index is 0.992. The summed E-state index contributed by atoms with van der Waals surface area (Å²) in [6.07, 6.45) is 1.07. The van der Waals surface area contributed by atoms with Crippen molar-refractivity contribution in [3.8, 4) is 0 Å². The van der Waals surface area contributed by atoms with Gasteiger partial charge in [-0.1, -0.05) is 19.1 Å². The van der Waals surface area contributed by atoms with E-state index < -0.39 is 0 Å². The summed E-state index contributed by atoms with van der Waals surface area (Å²) in [5, 5.41) is 0. The van der Waals surface area contributed by atoms with Gasteiger partial charge in [-0.05, 0) is 47.6 Å². The largest absolute Gasteiger partial charge is 0.319 e. The van der Waals surface area contributed by atoms with Gasteiger partial charge in [-0.25, -0.2) is 4.98 Å². The van der Waals surface area contributed by atoms with Crippen LogP contribution in [0.5, 0.6) is 0 Å². The average Bonchev–Trinajstić information content (AvgIpc) is 2.52. The Morgan fingerprint density at radius 3 is 2.79 bits per heavy atom. The van der Waals surface area contributed by atoms with Gasteiger partial charge in [0.2, 0.25) is 0 Å². The molecule has 2 aromatic rings. The maximum Gasteiger partial charge on any atom is 0.172 e. The molecule has 0 saturated heterocycles. The van der Waals surface area contributed by atoms with Gasteiger partial charge in [0.1, 0.15) is 0 Å². The Balaban J connectivity index is 2.82. The molecule has 1 aromatic heterocycles. The lowest BCUT2D eigenvalue weighted by atomic mass is 10.1. The molecule has 0 aliphatic heterocycles. The first-order valence-corrected chi connectivity index (χ1v) is 5.99. The number of nitrogens with zero attached hydrogens (tertiary/aromatic N) is 2. The summed E-state index contributed by atoms with van der Waals surface area (Å²) >= 11 is 2.30. The van der Waals surface area contributed by atoms with Crippen LogP contribution in [0, 0.1) is 3.83 Å². The van der Waals surface area contributed by atoms with Crippen molar-refractivity contribution in [3.05, 3.63) is 27.6 Å². The van der Waals surface area contributed by atoms with Crippen molar-refractivity contribution >= 4 is 33.6 Å². The number of hydrogen-bond donors (Lipinski definition) is 0. The topological polar surface area (TPSA) is 17.8 Å². The molecule has 14 heavy (non-hydrogen) atoms. The van der Waals surface area contributed by atoms with Gasteiger partial charge in [0.05, 0.1) is 11.0 Å². The third-order valence-electron chi connectivity index (χ3n) is 2.50. The van der Waals surface area contributed by atoms with Gasteiger partial charge in [-0.3, -0.25) is 0 Å². The van der Waals surface area contributed by atoms with Crippen molar-refractivity contribution in [2.24, 2.45) is 0 Å². The lowest BCUT2D eigenvalue weighted by molar-refractivity contribution is 0.759. The molecule has 0 fully saturated rings. The summed E-state index contributed by atoms with van der Waals surface area (Å²) in [6.45, 7) is 5.34. The summed E-state index contributed by atoms with van der Waals surface area (Å²) in [7, 11) is 0. The van der Waals surface area contributed by atoms with Crippen molar-refractivity contribution in [3.63, 3.8) is 0 Å². The Bertz CT molecular complexity index is 460. The SMILES string of the molecule is CCc1cccc2nc(I)n(CC)c12. The van der Waals surface area contributed by atoms with E-state index in [0.29, 0.717) is 0 Å². The number of para-hydroxylation sites is 1. The van der Waals surface area contributed by atoms with Crippen LogP contribution in [0.4, 0.5) is 0 Å². The first-order valence-electron chi connectivity index (χ1n) is 4.91. The second-order valence-electron chi connectivity index (χ2n) is 3.26. The summed E-state index contributed by atoms with van der Waals surface area (Å²) in [5.74, 6) is 0. The third kappa shape index (κ3) is 1.43. The minimum Gasteiger partial charge on any atom is -0.319 e. The number of halogens is 1. The average molecular weight is 300 g/mol. The zero-order valence-electron chi connectivity index (χ0n) is 8.42. The predicted molar refractivity (Wildman–Crippen MR) is 67.5 cm³/mol. The van der Waals surface area contributed by atoms with E-state index in [1.165, 1.54) is 11.1 Å². The Morgan fingerprint density at radius 1 is 1.36 bits per heavy atom. The molecule has 3 heteroatoms. The summed E-state index contributed by atoms with van der Waals surface area (Å²) in [4.78, 5) is 4.54. The van der Waals surface area contributed by atoms with E-state index in [1.54, 1.807) is 0 Å². The van der Waals surface area contributed by atoms with Crippen LogP contribution in [-0.2, 0) is 13.0 Å². The van der Waals surface area contributed by atoms with Crippen LogP contribution in [0.2, 0.25) is 0 Å². The van der Waals surface area contributed by atoms with E-state index in [-0.39, 0.29) is 0 Å². The molecule has 2 nitrogen and oxygen atoms in total. The summed E-state index contributed by atoms with van der Waals surface area (Å²) in [5.41, 5.74) is 3.82. The molecule has 0 N–H and O–H groups in total. The lowest BCUT2D eigenvalue weighted by Crippen LogP contribution is -1.98. The van der Waals surface area contributed by atoms with Gasteiger partial charge in [0.15, 0.2) is 3.83 Å². The van der Waals surface area contributed by atoms with Gasteiger partial charge in [-0.15, -0.1) is 0 Å². The van der Waals surface area contributed by atoms with Crippen LogP contribution in [-0.4, -0.2) is 9.55 Å². The van der Waals surface area contributed by atoms with Crippen molar-refractivity contribution in [1.29, 1.82) is 0 Å². The highest BCUT2D eigenvalue weighted by atomic mass is 127. The standard InChI is InChI=1S/C11H13IN2/c1-3-8-6-5-7-9-10(8)14(4-2)11(12)13-9/h5-7H,3-4H2,1-2H3. The highest BCUT2D eigenvalue weighted by molar-refractivity contribution is 14.1. The fourth-order valence-corrected chi connectivity index (χ4v) is 2.65. The normalized spacial score (nSPS) is 11.1. The second-order valence-corrected chi connectivity index (χ2v) is 4.23. The Labute approximate surface area is 97.5 Å². The molecular weight excluding hydrogens is 287 g/mol. The number of hydrogen-bond acceptors (Lipinski definition) is 1. The molecule has 1 aromatic carbocycles. The molecule has 0 atom stereocenters. The molecule has 74 valence electrons. The molecule has 0 saturated carbocycles. The Kier molecular flexibility index (Phi) is 2.76. The van der Waals surface area contributed by atoms with Crippen LogP contribution >= 0.6 is 22.6 Å². The van der Waals surface area contributed by atoms with E-state index >= 15 is 0 Å². The van der Waals surface area contributed by atoms with Gasteiger partial charge in [0.25, 0.3) is 0 Å². The summed E-state index contributed by atoms with van der Waals surface area (Å²) in [6, 6.07) is 6.36. The highest BCUT2D eigenvalue weighted by Crippen LogP contribution is 2.21. The van der Waals surface area contributed by atoms with E-state index in [4.69, 9.17) is 0 Å². The molecular formula is C11H13IN2. The fraction of sp³-hybridized carbons (Fsp3) is 0.364. The molecule has 0 bridgehead atoms. The van der Waals surface area contributed by atoms with Gasteiger partial charge in [-0.2, -0.15) is 0 Å². The zero-order valence-corrected chi connectivity index (χ0v) is 10.6.